The van der Waals surface area contributed by atoms with Crippen LogP contribution in [0.15, 0.2) is 20.0 Å². The third-order valence-corrected chi connectivity index (χ3v) is 5.10. The molecule has 0 bridgehead atoms. The van der Waals surface area contributed by atoms with E-state index in [4.69, 9.17) is 15.1 Å². The van der Waals surface area contributed by atoms with Crippen molar-refractivity contribution in [2.24, 2.45) is 5.41 Å². The molecular weight excluding hydrogens is 346 g/mol. The summed E-state index contributed by atoms with van der Waals surface area (Å²) >= 11 is 2.91. The van der Waals surface area contributed by atoms with Gasteiger partial charge in [-0.05, 0) is 34.2 Å². The number of nitrogens with one attached hydrogen (secondary N) is 1. The Balaban J connectivity index is 2.11. The summed E-state index contributed by atoms with van der Waals surface area (Å²) in [5, 5.41) is 2.70. The number of carbonyl (C=O) groups is 1. The van der Waals surface area contributed by atoms with Crippen molar-refractivity contribution in [3.05, 3.63) is 16.5 Å². The number of rotatable bonds is 4. The van der Waals surface area contributed by atoms with E-state index in [1.807, 2.05) is 0 Å². The molecule has 8 heteroatoms. The van der Waals surface area contributed by atoms with Gasteiger partial charge in [-0.15, -0.1) is 0 Å². The van der Waals surface area contributed by atoms with Crippen LogP contribution in [0.25, 0.3) is 0 Å². The van der Waals surface area contributed by atoms with E-state index in [0.29, 0.717) is 6.54 Å². The van der Waals surface area contributed by atoms with E-state index in [2.05, 4.69) is 28.2 Å². The van der Waals surface area contributed by atoms with Gasteiger partial charge in [-0.2, -0.15) is 0 Å². The Hall–Kier alpha value is -0.530. The molecule has 1 aromatic rings. The number of carbonyl (C=O) groups excluding carboxylic acids is 1. The molecule has 0 spiro atoms. The number of furan rings is 1. The maximum absolute atomic E-state index is 11.7. The summed E-state index contributed by atoms with van der Waals surface area (Å²) in [6, 6.07) is 1.11. The van der Waals surface area contributed by atoms with Crippen molar-refractivity contribution in [1.82, 2.24) is 5.32 Å². The van der Waals surface area contributed by atoms with Crippen LogP contribution in [0, 0.1) is 5.41 Å². The first-order valence-electron chi connectivity index (χ1n) is 5.23. The minimum Gasteiger partial charge on any atom is -0.443 e. The molecule has 1 fully saturated rings. The van der Waals surface area contributed by atoms with Crippen molar-refractivity contribution in [1.29, 1.82) is 0 Å². The highest BCUT2D eigenvalue weighted by atomic mass is 79.9. The lowest BCUT2D eigenvalue weighted by molar-refractivity contribution is 0.0917. The summed E-state index contributed by atoms with van der Waals surface area (Å²) in [7, 11) is 1.27. The van der Waals surface area contributed by atoms with Gasteiger partial charge in [0, 0.05) is 23.3 Å². The van der Waals surface area contributed by atoms with E-state index >= 15 is 0 Å². The Morgan fingerprint density at radius 3 is 2.67 bits per heavy atom. The van der Waals surface area contributed by atoms with Gasteiger partial charge in [0.1, 0.15) is 4.90 Å². The second kappa shape index (κ2) is 4.54. The van der Waals surface area contributed by atoms with Crippen LogP contribution in [0.5, 0.6) is 0 Å². The zero-order chi connectivity index (χ0) is 13.6. The SMILES string of the molecule is CC1(CNC(=O)c2cc(S(=O)(=O)Cl)c(Br)o2)CC1. The predicted octanol–water partition coefficient (Wildman–Crippen LogP) is 2.50. The van der Waals surface area contributed by atoms with E-state index in [-0.39, 0.29) is 20.7 Å². The largest absolute Gasteiger partial charge is 0.443 e. The summed E-state index contributed by atoms with van der Waals surface area (Å²) in [6.07, 6.45) is 2.16. The molecule has 1 heterocycles. The fourth-order valence-corrected chi connectivity index (χ4v) is 3.43. The van der Waals surface area contributed by atoms with Crippen LogP contribution >= 0.6 is 26.6 Å². The van der Waals surface area contributed by atoms with Gasteiger partial charge in [0.15, 0.2) is 10.4 Å². The average molecular weight is 357 g/mol. The molecule has 1 aliphatic carbocycles. The molecule has 1 amide bonds. The topological polar surface area (TPSA) is 76.4 Å². The first-order chi connectivity index (χ1) is 8.21. The highest BCUT2D eigenvalue weighted by molar-refractivity contribution is 9.10. The molecule has 0 saturated heterocycles. The predicted molar refractivity (Wildman–Crippen MR) is 69.1 cm³/mol. The molecule has 100 valence electrons. The quantitative estimate of drug-likeness (QED) is 0.841. The van der Waals surface area contributed by atoms with Crippen molar-refractivity contribution >= 4 is 41.6 Å². The van der Waals surface area contributed by atoms with Crippen LogP contribution in [0.1, 0.15) is 30.3 Å². The molecule has 2 rings (SSSR count). The molecule has 1 N–H and O–H groups in total. The van der Waals surface area contributed by atoms with Gasteiger partial charge in [-0.25, -0.2) is 8.42 Å². The van der Waals surface area contributed by atoms with Crippen LogP contribution in [0.4, 0.5) is 0 Å². The molecule has 5 nitrogen and oxygen atoms in total. The zero-order valence-corrected chi connectivity index (χ0v) is 12.7. The number of hydrogen-bond acceptors (Lipinski definition) is 4. The van der Waals surface area contributed by atoms with Gasteiger partial charge in [0.25, 0.3) is 15.0 Å². The van der Waals surface area contributed by atoms with Crippen molar-refractivity contribution < 1.29 is 17.6 Å². The van der Waals surface area contributed by atoms with E-state index < -0.39 is 15.0 Å². The Bertz CT molecular complexity index is 591. The normalized spacial score (nSPS) is 17.5. The van der Waals surface area contributed by atoms with Crippen LogP contribution in [0.3, 0.4) is 0 Å². The Morgan fingerprint density at radius 2 is 2.22 bits per heavy atom. The highest BCUT2D eigenvalue weighted by Crippen LogP contribution is 2.44. The van der Waals surface area contributed by atoms with Crippen LogP contribution < -0.4 is 5.32 Å². The first-order valence-corrected chi connectivity index (χ1v) is 8.34. The number of amides is 1. The van der Waals surface area contributed by atoms with E-state index in [9.17, 15) is 13.2 Å². The monoisotopic (exact) mass is 355 g/mol. The molecule has 18 heavy (non-hydrogen) atoms. The lowest BCUT2D eigenvalue weighted by Gasteiger charge is -2.08. The molecule has 0 radical (unpaired) electrons. The molecule has 0 atom stereocenters. The number of hydrogen-bond donors (Lipinski definition) is 1. The summed E-state index contributed by atoms with van der Waals surface area (Å²) in [6.45, 7) is 2.62. The second-order valence-electron chi connectivity index (χ2n) is 4.68. The Kier molecular flexibility index (Phi) is 3.50. The van der Waals surface area contributed by atoms with Gasteiger partial charge in [0.05, 0.1) is 0 Å². The van der Waals surface area contributed by atoms with Crippen LogP contribution in [-0.2, 0) is 9.05 Å². The van der Waals surface area contributed by atoms with Gasteiger partial charge < -0.3 is 9.73 Å². The van der Waals surface area contributed by atoms with Crippen molar-refractivity contribution in [3.63, 3.8) is 0 Å². The fraction of sp³-hybridized carbons (Fsp3) is 0.500. The maximum atomic E-state index is 11.7. The van der Waals surface area contributed by atoms with Gasteiger partial charge in [0.2, 0.25) is 0 Å². The third kappa shape index (κ3) is 3.07. The van der Waals surface area contributed by atoms with Crippen molar-refractivity contribution in [2.45, 2.75) is 24.7 Å². The van der Waals surface area contributed by atoms with Crippen molar-refractivity contribution in [2.75, 3.05) is 6.54 Å². The summed E-state index contributed by atoms with van der Waals surface area (Å²) < 4.78 is 27.3. The molecule has 0 aromatic carbocycles. The zero-order valence-electron chi connectivity index (χ0n) is 9.50. The summed E-state index contributed by atoms with van der Waals surface area (Å²) in [4.78, 5) is 11.5. The maximum Gasteiger partial charge on any atom is 0.287 e. The summed E-state index contributed by atoms with van der Waals surface area (Å²) in [5.41, 5.74) is 0.168. The third-order valence-electron chi connectivity index (χ3n) is 2.92. The second-order valence-corrected chi connectivity index (χ2v) is 7.93. The molecule has 1 saturated carbocycles. The van der Waals surface area contributed by atoms with Crippen LogP contribution in [-0.4, -0.2) is 20.9 Å². The first kappa shape index (κ1) is 13.9. The van der Waals surface area contributed by atoms with E-state index in [0.717, 1.165) is 18.9 Å². The molecule has 0 aliphatic heterocycles. The molecular formula is C10H11BrClNO4S. The minimum atomic E-state index is -3.93. The van der Waals surface area contributed by atoms with Crippen molar-refractivity contribution in [3.8, 4) is 0 Å². The Morgan fingerprint density at radius 1 is 1.61 bits per heavy atom. The summed E-state index contributed by atoms with van der Waals surface area (Å²) in [5.74, 6) is -0.527. The number of halogens is 2. The molecule has 1 aromatic heterocycles. The fourth-order valence-electron chi connectivity index (χ4n) is 1.40. The average Bonchev–Trinajstić information content (AvgIpc) is 2.83. The van der Waals surface area contributed by atoms with E-state index in [1.54, 1.807) is 0 Å². The molecule has 0 unspecified atom stereocenters. The standard InChI is InChI=1S/C10H11BrClNO4S/c1-10(2-3-10)5-13-9(14)6-4-7(8(11)17-6)18(12,15)16/h4H,2-3,5H2,1H3,(H,13,14). The molecule has 1 aliphatic rings. The highest BCUT2D eigenvalue weighted by Gasteiger charge is 2.37. The smallest absolute Gasteiger partial charge is 0.287 e. The lowest BCUT2D eigenvalue weighted by Crippen LogP contribution is -2.28. The van der Waals surface area contributed by atoms with Gasteiger partial charge in [-0.3, -0.25) is 4.79 Å². The van der Waals surface area contributed by atoms with E-state index in [1.165, 1.54) is 0 Å². The van der Waals surface area contributed by atoms with Gasteiger partial charge in [-0.1, -0.05) is 6.92 Å². The van der Waals surface area contributed by atoms with Gasteiger partial charge >= 0.3 is 0 Å². The lowest BCUT2D eigenvalue weighted by atomic mass is 10.1. The van der Waals surface area contributed by atoms with Crippen LogP contribution in [0.2, 0.25) is 0 Å². The Labute approximate surface area is 117 Å². The minimum absolute atomic E-state index is 0.0692.